The number of nitrogens with one attached hydrogen (secondary N) is 1. The van der Waals surface area contributed by atoms with E-state index >= 15 is 4.79 Å². The summed E-state index contributed by atoms with van der Waals surface area (Å²) in [5, 5.41) is 48.0. The molecule has 16 atom stereocenters. The van der Waals surface area contributed by atoms with Gasteiger partial charge in [0.05, 0.1) is 60.2 Å². The van der Waals surface area contributed by atoms with Crippen molar-refractivity contribution in [1.82, 2.24) is 5.32 Å². The molecule has 0 amide bonds. The SMILES string of the molecule is CN[C@@]1(C)C[C@H](c2ccc3c(c2O)C(=O)c2c(cc([C@H](C(=O)OC)[C@H]4O[C@H](C)[C@@H](O)[C@@H](OC)[C@@H]4O)c4c(=O)cc([C@@]5(C)O[C@@H]5C)oc24)C3=O)O[C@@H](C)[C@H]1O[C@@H]1C[C@H](OC)[C@H](O)[C@@H](C)O1. The fourth-order valence-corrected chi connectivity index (χ4v) is 10.2. The molecule has 5 aliphatic rings. The molecule has 4 fully saturated rings. The largest absolute Gasteiger partial charge is 0.507 e. The highest BCUT2D eigenvalue weighted by Crippen LogP contribution is 2.49. The number of hydrogen-bond donors (Lipinski definition) is 5. The molecular weight excluding hydrogens is 838 g/mol. The van der Waals surface area contributed by atoms with Crippen molar-refractivity contribution in [2.45, 2.75) is 151 Å². The van der Waals surface area contributed by atoms with Gasteiger partial charge in [-0.15, -0.1) is 0 Å². The zero-order valence-corrected chi connectivity index (χ0v) is 37.4. The van der Waals surface area contributed by atoms with Gasteiger partial charge in [-0.2, -0.15) is 0 Å². The molecule has 0 bridgehead atoms. The molecule has 5 N–H and O–H groups in total. The van der Waals surface area contributed by atoms with Crippen LogP contribution in [0.2, 0.25) is 0 Å². The van der Waals surface area contributed by atoms with Crippen LogP contribution in [0.1, 0.15) is 115 Å². The summed E-state index contributed by atoms with van der Waals surface area (Å²) in [5.41, 5.74) is -3.92. The second kappa shape index (κ2) is 16.9. The summed E-state index contributed by atoms with van der Waals surface area (Å²) in [5.74, 6) is -4.60. The van der Waals surface area contributed by atoms with Gasteiger partial charge < -0.3 is 68.1 Å². The third-order valence-corrected chi connectivity index (χ3v) is 14.3. The van der Waals surface area contributed by atoms with Gasteiger partial charge in [0.25, 0.3) is 0 Å². The minimum Gasteiger partial charge on any atom is -0.507 e. The van der Waals surface area contributed by atoms with Gasteiger partial charge in [-0.1, -0.05) is 6.07 Å². The van der Waals surface area contributed by atoms with E-state index in [1.165, 1.54) is 45.4 Å². The summed E-state index contributed by atoms with van der Waals surface area (Å²) < 4.78 is 53.4. The number of phenolic OH excluding ortho intramolecular Hbond substituents is 1. The van der Waals surface area contributed by atoms with Crippen LogP contribution in [-0.2, 0) is 48.3 Å². The number of aliphatic hydroxyl groups is 3. The van der Waals surface area contributed by atoms with Crippen LogP contribution in [0.25, 0.3) is 11.0 Å². The topological polar surface area (TPSA) is 252 Å². The molecule has 1 aliphatic carbocycles. The van der Waals surface area contributed by atoms with Crippen LogP contribution >= 0.6 is 0 Å². The number of ether oxygens (including phenoxy) is 8. The molecule has 4 aliphatic heterocycles. The average molecular weight is 896 g/mol. The van der Waals surface area contributed by atoms with Gasteiger partial charge in [0.15, 0.2) is 17.5 Å². The quantitative estimate of drug-likeness (QED) is 0.113. The van der Waals surface area contributed by atoms with Crippen LogP contribution in [0.3, 0.4) is 0 Å². The Labute approximate surface area is 369 Å². The lowest BCUT2D eigenvalue weighted by atomic mass is 9.76. The number of carbonyl (C=O) groups is 3. The van der Waals surface area contributed by atoms with Gasteiger partial charge >= 0.3 is 5.97 Å². The summed E-state index contributed by atoms with van der Waals surface area (Å²) >= 11 is 0. The van der Waals surface area contributed by atoms with E-state index in [0.29, 0.717) is 0 Å². The molecule has 0 unspecified atom stereocenters. The smallest absolute Gasteiger partial charge is 0.315 e. The van der Waals surface area contributed by atoms with Crippen molar-refractivity contribution < 1.29 is 77.1 Å². The highest BCUT2D eigenvalue weighted by atomic mass is 16.7. The molecule has 0 radical (unpaired) electrons. The summed E-state index contributed by atoms with van der Waals surface area (Å²) in [6.45, 7) is 10.5. The first-order chi connectivity index (χ1) is 30.2. The molecule has 4 saturated heterocycles. The average Bonchev–Trinajstić information content (AvgIpc) is 3.89. The fourth-order valence-electron chi connectivity index (χ4n) is 10.2. The Morgan fingerprint density at radius 3 is 2.17 bits per heavy atom. The number of phenols is 1. The highest BCUT2D eigenvalue weighted by molar-refractivity contribution is 6.32. The normalized spacial score (nSPS) is 37.8. The van der Waals surface area contributed by atoms with Gasteiger partial charge in [0.1, 0.15) is 65.2 Å². The van der Waals surface area contributed by atoms with Gasteiger partial charge in [-0.25, -0.2) is 0 Å². The molecule has 5 heterocycles. The Morgan fingerprint density at radius 1 is 0.859 bits per heavy atom. The van der Waals surface area contributed by atoms with Crippen LogP contribution in [0.4, 0.5) is 0 Å². The Kier molecular flexibility index (Phi) is 12.3. The lowest BCUT2D eigenvalue weighted by molar-refractivity contribution is -0.293. The first-order valence-corrected chi connectivity index (χ1v) is 21.5. The molecule has 18 heteroatoms. The molecule has 2 aromatic carbocycles. The second-order valence-corrected chi connectivity index (χ2v) is 18.0. The molecule has 8 rings (SSSR count). The van der Waals surface area contributed by atoms with Crippen molar-refractivity contribution in [3.63, 3.8) is 0 Å². The number of benzene rings is 2. The van der Waals surface area contributed by atoms with Crippen molar-refractivity contribution in [2.75, 3.05) is 28.4 Å². The van der Waals surface area contributed by atoms with E-state index in [1.807, 2.05) is 13.8 Å². The number of ketones is 2. The highest BCUT2D eigenvalue weighted by Gasteiger charge is 2.55. The maximum absolute atomic E-state index is 15.1. The molecular formula is C46H57NO17. The van der Waals surface area contributed by atoms with Gasteiger partial charge in [0.2, 0.25) is 5.78 Å². The third kappa shape index (κ3) is 7.31. The number of aromatic hydroxyl groups is 1. The number of fused-ring (bicyclic) bond motifs is 4. The molecule has 0 saturated carbocycles. The van der Waals surface area contributed by atoms with E-state index in [0.717, 1.165) is 7.11 Å². The van der Waals surface area contributed by atoms with Crippen molar-refractivity contribution in [1.29, 1.82) is 0 Å². The van der Waals surface area contributed by atoms with Gasteiger partial charge in [-0.3, -0.25) is 19.2 Å². The van der Waals surface area contributed by atoms with E-state index in [2.05, 4.69) is 5.32 Å². The van der Waals surface area contributed by atoms with Crippen LogP contribution in [-0.4, -0.2) is 145 Å². The number of aliphatic hydroxyl groups excluding tert-OH is 3. The third-order valence-electron chi connectivity index (χ3n) is 14.3. The first-order valence-electron chi connectivity index (χ1n) is 21.5. The van der Waals surface area contributed by atoms with E-state index in [1.54, 1.807) is 27.8 Å². The minimum atomic E-state index is -1.64. The fraction of sp³-hybridized carbons (Fsp3) is 0.609. The summed E-state index contributed by atoms with van der Waals surface area (Å²) in [4.78, 5) is 58.2. The minimum absolute atomic E-state index is 0.0513. The summed E-state index contributed by atoms with van der Waals surface area (Å²) in [6, 6.07) is 5.36. The molecule has 1 aromatic heterocycles. The Balaban J connectivity index is 1.22. The van der Waals surface area contributed by atoms with Crippen molar-refractivity contribution in [3.8, 4) is 5.75 Å². The monoisotopic (exact) mass is 895 g/mol. The number of methoxy groups -OCH3 is 3. The number of esters is 1. The number of likely N-dealkylation sites (N-methyl/N-ethyl adjacent to an activating group) is 1. The Bertz CT molecular complexity index is 2420. The summed E-state index contributed by atoms with van der Waals surface area (Å²) in [7, 11) is 5.66. The lowest BCUT2D eigenvalue weighted by Crippen LogP contribution is -2.62. The van der Waals surface area contributed by atoms with Crippen LogP contribution < -0.4 is 10.7 Å². The van der Waals surface area contributed by atoms with Crippen LogP contribution in [0.5, 0.6) is 5.75 Å². The number of hydrogen-bond acceptors (Lipinski definition) is 18. The van der Waals surface area contributed by atoms with E-state index in [4.69, 9.17) is 42.3 Å². The van der Waals surface area contributed by atoms with E-state index in [9.17, 15) is 34.8 Å². The maximum Gasteiger partial charge on any atom is 0.315 e. The first kappa shape index (κ1) is 46.4. The number of rotatable bonds is 10. The number of epoxide rings is 1. The van der Waals surface area contributed by atoms with Crippen LogP contribution in [0.15, 0.2) is 33.5 Å². The molecule has 3 aromatic rings. The van der Waals surface area contributed by atoms with Crippen LogP contribution in [0, 0.1) is 0 Å². The predicted octanol–water partition coefficient (Wildman–Crippen LogP) is 2.41. The number of carbonyl (C=O) groups excluding carboxylic acids is 3. The lowest BCUT2D eigenvalue weighted by Gasteiger charge is -2.49. The Hall–Kier alpha value is -4.18. The standard InChI is InChI=1S/C46H57NO17/c1-17-34(49)26(56-8)15-29(60-17)63-43-19(3)59-27(16-45(43,5)47-7)21-11-12-22-31(37(21)52)38(53)32-24(36(22)51)13-23(30-25(48)14-28(62-40(30)32)46(6)20(4)64-46)33(44(55)58-10)41-39(54)42(57-9)35(50)18(2)61-41/h11-14,17-20,26-27,29,33-35,39,41-43,47,49-50,52,54H,15-16H2,1-10H3/t17-,18-,19+,20-,26+,27-,29-,33+,34-,35-,39-,41-,42-,43-,45+,46+/m1/s1. The van der Waals surface area contributed by atoms with Gasteiger partial charge in [-0.05, 0) is 72.7 Å². The summed E-state index contributed by atoms with van der Waals surface area (Å²) in [6.07, 6.45) is -11.1. The molecule has 18 nitrogen and oxygen atoms in total. The Morgan fingerprint density at radius 2 is 1.55 bits per heavy atom. The zero-order chi connectivity index (χ0) is 46.5. The zero-order valence-electron chi connectivity index (χ0n) is 37.4. The maximum atomic E-state index is 15.1. The predicted molar refractivity (Wildman–Crippen MR) is 223 cm³/mol. The van der Waals surface area contributed by atoms with Crippen molar-refractivity contribution in [3.05, 3.63) is 73.6 Å². The van der Waals surface area contributed by atoms with Gasteiger partial charge in [0, 0.05) is 48.9 Å². The van der Waals surface area contributed by atoms with E-state index in [-0.39, 0.29) is 69.1 Å². The molecule has 348 valence electrons. The molecule has 0 spiro atoms. The van der Waals surface area contributed by atoms with Crippen molar-refractivity contribution >= 4 is 28.5 Å². The van der Waals surface area contributed by atoms with E-state index < -0.39 is 119 Å². The van der Waals surface area contributed by atoms with Crippen molar-refractivity contribution in [2.24, 2.45) is 0 Å². The molecule has 64 heavy (non-hydrogen) atoms. The second-order valence-electron chi connectivity index (χ2n) is 18.0.